The Morgan fingerprint density at radius 3 is 3.04 bits per heavy atom. The molecule has 26 heavy (non-hydrogen) atoms. The second-order valence-corrected chi connectivity index (χ2v) is 6.03. The maximum atomic E-state index is 12.8. The molecule has 1 aliphatic heterocycles. The van der Waals surface area contributed by atoms with Gasteiger partial charge in [0.1, 0.15) is 11.4 Å². The Bertz CT molecular complexity index is 1020. The number of nitrogens with one attached hydrogen (secondary N) is 2. The number of carbonyl (C=O) groups excluding carboxylic acids is 1. The third-order valence-corrected chi connectivity index (χ3v) is 4.47. The summed E-state index contributed by atoms with van der Waals surface area (Å²) in [5.74, 6) is 0.557. The Morgan fingerprint density at radius 1 is 1.31 bits per heavy atom. The van der Waals surface area contributed by atoms with Crippen molar-refractivity contribution in [3.8, 4) is 17.0 Å². The van der Waals surface area contributed by atoms with Crippen molar-refractivity contribution >= 4 is 5.91 Å². The second-order valence-electron chi connectivity index (χ2n) is 6.03. The van der Waals surface area contributed by atoms with Crippen molar-refractivity contribution < 1.29 is 9.53 Å². The van der Waals surface area contributed by atoms with Crippen LogP contribution in [0.15, 0.2) is 41.5 Å². The number of aromatic nitrogens is 4. The molecule has 3 heterocycles. The van der Waals surface area contributed by atoms with Gasteiger partial charge in [0.15, 0.2) is 0 Å². The van der Waals surface area contributed by atoms with Crippen LogP contribution in [0.4, 0.5) is 0 Å². The summed E-state index contributed by atoms with van der Waals surface area (Å²) < 4.78 is 5.22. The molecule has 0 saturated heterocycles. The van der Waals surface area contributed by atoms with Gasteiger partial charge < -0.3 is 14.6 Å². The third kappa shape index (κ3) is 2.85. The molecule has 1 aromatic carbocycles. The SMILES string of the molecule is COc1cccc(-c2cc(C(=O)N3CCc4c(nc[nH]c4=O)C3)[nH]n2)c1. The van der Waals surface area contributed by atoms with Crippen LogP contribution < -0.4 is 10.3 Å². The number of aromatic amines is 2. The summed E-state index contributed by atoms with van der Waals surface area (Å²) >= 11 is 0. The minimum absolute atomic E-state index is 0.135. The second kappa shape index (κ2) is 6.47. The zero-order chi connectivity index (χ0) is 18.1. The molecular weight excluding hydrogens is 334 g/mol. The van der Waals surface area contributed by atoms with Crippen LogP contribution in [0.25, 0.3) is 11.3 Å². The average Bonchev–Trinajstić information content (AvgIpc) is 3.17. The summed E-state index contributed by atoms with van der Waals surface area (Å²) in [6.07, 6.45) is 1.85. The predicted molar refractivity (Wildman–Crippen MR) is 93.9 cm³/mol. The predicted octanol–water partition coefficient (Wildman–Crippen LogP) is 1.37. The number of nitrogens with zero attached hydrogens (tertiary/aromatic N) is 3. The van der Waals surface area contributed by atoms with Gasteiger partial charge in [-0.25, -0.2) is 4.98 Å². The van der Waals surface area contributed by atoms with Crippen LogP contribution in [0.3, 0.4) is 0 Å². The van der Waals surface area contributed by atoms with E-state index in [4.69, 9.17) is 4.74 Å². The van der Waals surface area contributed by atoms with Crippen molar-refractivity contribution in [2.24, 2.45) is 0 Å². The molecule has 2 aromatic heterocycles. The normalized spacial score (nSPS) is 13.3. The molecule has 0 radical (unpaired) electrons. The smallest absolute Gasteiger partial charge is 0.272 e. The van der Waals surface area contributed by atoms with Crippen molar-refractivity contribution in [1.29, 1.82) is 0 Å². The van der Waals surface area contributed by atoms with Crippen LogP contribution in [-0.2, 0) is 13.0 Å². The number of amides is 1. The lowest BCUT2D eigenvalue weighted by atomic mass is 10.1. The fraction of sp³-hybridized carbons (Fsp3) is 0.222. The van der Waals surface area contributed by atoms with E-state index in [0.29, 0.717) is 42.2 Å². The van der Waals surface area contributed by atoms with E-state index in [2.05, 4.69) is 20.2 Å². The van der Waals surface area contributed by atoms with E-state index in [9.17, 15) is 9.59 Å². The van der Waals surface area contributed by atoms with E-state index in [-0.39, 0.29) is 11.5 Å². The monoisotopic (exact) mass is 351 g/mol. The van der Waals surface area contributed by atoms with Crippen LogP contribution in [-0.4, -0.2) is 44.6 Å². The standard InChI is InChI=1S/C18H17N5O3/c1-26-12-4-2-3-11(7-12)14-8-15(22-21-14)18(25)23-6-5-13-16(9-23)19-10-20-17(13)24/h2-4,7-8,10H,5-6,9H2,1H3,(H,21,22)(H,19,20,24). The summed E-state index contributed by atoms with van der Waals surface area (Å²) in [6.45, 7) is 0.777. The van der Waals surface area contributed by atoms with Gasteiger partial charge in [0.05, 0.1) is 31.4 Å². The first kappa shape index (κ1) is 16.1. The van der Waals surface area contributed by atoms with E-state index in [1.165, 1.54) is 6.33 Å². The molecule has 1 amide bonds. The molecule has 0 atom stereocenters. The van der Waals surface area contributed by atoms with Crippen molar-refractivity contribution in [1.82, 2.24) is 25.1 Å². The van der Waals surface area contributed by atoms with E-state index >= 15 is 0 Å². The summed E-state index contributed by atoms with van der Waals surface area (Å²) in [5.41, 5.74) is 3.08. The van der Waals surface area contributed by atoms with Gasteiger partial charge in [0.2, 0.25) is 0 Å². The van der Waals surface area contributed by atoms with E-state index in [1.54, 1.807) is 18.1 Å². The first-order chi connectivity index (χ1) is 12.7. The topological polar surface area (TPSA) is 104 Å². The molecule has 0 fully saturated rings. The fourth-order valence-electron chi connectivity index (χ4n) is 3.07. The number of hydrogen-bond donors (Lipinski definition) is 2. The van der Waals surface area contributed by atoms with Gasteiger partial charge >= 0.3 is 0 Å². The maximum absolute atomic E-state index is 12.8. The van der Waals surface area contributed by atoms with E-state index < -0.39 is 0 Å². The average molecular weight is 351 g/mol. The lowest BCUT2D eigenvalue weighted by molar-refractivity contribution is 0.0725. The van der Waals surface area contributed by atoms with Gasteiger partial charge in [-0.05, 0) is 24.6 Å². The fourth-order valence-corrected chi connectivity index (χ4v) is 3.07. The van der Waals surface area contributed by atoms with Gasteiger partial charge in [-0.3, -0.25) is 14.7 Å². The molecule has 0 aliphatic carbocycles. The highest BCUT2D eigenvalue weighted by atomic mass is 16.5. The summed E-state index contributed by atoms with van der Waals surface area (Å²) in [5, 5.41) is 7.04. The van der Waals surface area contributed by atoms with Crippen LogP contribution in [0, 0.1) is 0 Å². The zero-order valence-corrected chi connectivity index (χ0v) is 14.2. The largest absolute Gasteiger partial charge is 0.497 e. The number of ether oxygens (including phenoxy) is 1. The number of methoxy groups -OCH3 is 1. The number of fused-ring (bicyclic) bond motifs is 1. The van der Waals surface area contributed by atoms with Gasteiger partial charge in [0.25, 0.3) is 11.5 Å². The lowest BCUT2D eigenvalue weighted by Gasteiger charge is -2.26. The quantitative estimate of drug-likeness (QED) is 0.742. The van der Waals surface area contributed by atoms with E-state index in [0.717, 1.165) is 11.3 Å². The molecule has 132 valence electrons. The summed E-state index contributed by atoms with van der Waals surface area (Å²) in [7, 11) is 1.60. The Balaban J connectivity index is 1.56. The Labute approximate surface area is 148 Å². The minimum atomic E-state index is -0.167. The van der Waals surface area contributed by atoms with Crippen molar-refractivity contribution in [2.45, 2.75) is 13.0 Å². The van der Waals surface area contributed by atoms with Crippen molar-refractivity contribution in [3.05, 3.63) is 64.0 Å². The van der Waals surface area contributed by atoms with Gasteiger partial charge in [-0.2, -0.15) is 5.10 Å². The molecule has 0 unspecified atom stereocenters. The van der Waals surface area contributed by atoms with Crippen LogP contribution in [0.1, 0.15) is 21.7 Å². The molecular formula is C18H17N5O3. The maximum Gasteiger partial charge on any atom is 0.272 e. The molecule has 8 heteroatoms. The van der Waals surface area contributed by atoms with Gasteiger partial charge in [-0.1, -0.05) is 12.1 Å². The molecule has 1 aliphatic rings. The van der Waals surface area contributed by atoms with Crippen molar-refractivity contribution in [3.63, 3.8) is 0 Å². The zero-order valence-electron chi connectivity index (χ0n) is 14.2. The third-order valence-electron chi connectivity index (χ3n) is 4.47. The van der Waals surface area contributed by atoms with Crippen LogP contribution in [0.5, 0.6) is 5.75 Å². The highest BCUT2D eigenvalue weighted by Gasteiger charge is 2.25. The number of benzene rings is 1. The highest BCUT2D eigenvalue weighted by Crippen LogP contribution is 2.23. The van der Waals surface area contributed by atoms with Crippen LogP contribution >= 0.6 is 0 Å². The Kier molecular flexibility index (Phi) is 4.00. The van der Waals surface area contributed by atoms with Gasteiger partial charge in [-0.15, -0.1) is 0 Å². The molecule has 8 nitrogen and oxygen atoms in total. The number of rotatable bonds is 3. The molecule has 3 aromatic rings. The Hall–Kier alpha value is -3.42. The van der Waals surface area contributed by atoms with Gasteiger partial charge in [0, 0.05) is 17.7 Å². The minimum Gasteiger partial charge on any atom is -0.497 e. The Morgan fingerprint density at radius 2 is 2.19 bits per heavy atom. The first-order valence-corrected chi connectivity index (χ1v) is 8.20. The van der Waals surface area contributed by atoms with E-state index in [1.807, 2.05) is 24.3 Å². The van der Waals surface area contributed by atoms with Crippen LogP contribution in [0.2, 0.25) is 0 Å². The first-order valence-electron chi connectivity index (χ1n) is 8.20. The molecule has 4 rings (SSSR count). The summed E-state index contributed by atoms with van der Waals surface area (Å²) in [6, 6.07) is 9.20. The van der Waals surface area contributed by atoms with Crippen molar-refractivity contribution in [2.75, 3.05) is 13.7 Å². The lowest BCUT2D eigenvalue weighted by Crippen LogP contribution is -2.39. The highest BCUT2D eigenvalue weighted by molar-refractivity contribution is 5.93. The summed E-state index contributed by atoms with van der Waals surface area (Å²) in [4.78, 5) is 33.0. The number of carbonyl (C=O) groups is 1. The number of H-pyrrole nitrogens is 2. The molecule has 0 saturated carbocycles. The molecule has 2 N–H and O–H groups in total. The number of hydrogen-bond acceptors (Lipinski definition) is 5. The molecule has 0 bridgehead atoms. The molecule has 0 spiro atoms.